The summed E-state index contributed by atoms with van der Waals surface area (Å²) in [7, 11) is 0. The van der Waals surface area contributed by atoms with Crippen LogP contribution in [0.3, 0.4) is 0 Å². The molecule has 2 N–H and O–H groups in total. The second-order valence-corrected chi connectivity index (χ2v) is 7.21. The Balaban J connectivity index is 0.00000210. The van der Waals surface area contributed by atoms with Gasteiger partial charge in [0.25, 0.3) is 5.89 Å². The predicted octanol–water partition coefficient (Wildman–Crippen LogP) is 5.30. The van der Waals surface area contributed by atoms with Gasteiger partial charge in [0.15, 0.2) is 5.82 Å². The Morgan fingerprint density at radius 2 is 1.81 bits per heavy atom. The van der Waals surface area contributed by atoms with Crippen LogP contribution in [0.5, 0.6) is 5.75 Å². The van der Waals surface area contributed by atoms with E-state index < -0.39 is 11.6 Å². The van der Waals surface area contributed by atoms with E-state index in [9.17, 15) is 0 Å². The molecule has 0 saturated heterocycles. The number of rotatable bonds is 5. The van der Waals surface area contributed by atoms with E-state index in [-0.39, 0.29) is 12.4 Å². The summed E-state index contributed by atoms with van der Waals surface area (Å²) in [5.41, 5.74) is 6.66. The molecule has 0 spiro atoms. The van der Waals surface area contributed by atoms with Crippen LogP contribution in [0.15, 0.2) is 53.1 Å². The van der Waals surface area contributed by atoms with Gasteiger partial charge in [0.05, 0.1) is 10.6 Å². The van der Waals surface area contributed by atoms with Crippen molar-refractivity contribution in [3.05, 3.63) is 75.9 Å². The van der Waals surface area contributed by atoms with E-state index in [1.165, 1.54) is 0 Å². The zero-order chi connectivity index (χ0) is 18.1. The van der Waals surface area contributed by atoms with Crippen LogP contribution in [-0.4, -0.2) is 10.1 Å². The topological polar surface area (TPSA) is 74.2 Å². The number of ether oxygens (including phenoxy) is 1. The highest BCUT2D eigenvalue weighted by Gasteiger charge is 2.40. The monoisotopic (exact) mass is 425 g/mol. The Labute approximate surface area is 173 Å². The summed E-state index contributed by atoms with van der Waals surface area (Å²) in [5.74, 6) is 1.29. The van der Waals surface area contributed by atoms with Gasteiger partial charge < -0.3 is 15.0 Å². The number of aromatic nitrogens is 2. The Morgan fingerprint density at radius 1 is 1.07 bits per heavy atom. The normalized spacial score (nSPS) is 16.1. The number of hydrogen-bond donors (Lipinski definition) is 1. The molecule has 0 amide bonds. The third kappa shape index (κ3) is 3.92. The summed E-state index contributed by atoms with van der Waals surface area (Å²) in [6.07, 6.45) is 2.15. The molecule has 0 aliphatic heterocycles. The summed E-state index contributed by atoms with van der Waals surface area (Å²) in [4.78, 5) is 4.53. The average molecular weight is 427 g/mol. The maximum absolute atomic E-state index is 6.31. The Hall–Kier alpha value is -1.79. The first-order valence-electron chi connectivity index (χ1n) is 8.35. The first-order valence-corrected chi connectivity index (χ1v) is 9.11. The van der Waals surface area contributed by atoms with E-state index in [1.807, 2.05) is 30.3 Å². The minimum Gasteiger partial charge on any atom is -0.474 e. The molecule has 2 aromatic carbocycles. The molecule has 1 aromatic heterocycles. The van der Waals surface area contributed by atoms with Crippen molar-refractivity contribution in [1.82, 2.24) is 10.1 Å². The van der Waals surface area contributed by atoms with E-state index in [0.717, 1.165) is 24.8 Å². The van der Waals surface area contributed by atoms with Crippen LogP contribution in [0.2, 0.25) is 10.0 Å². The molecule has 5 nitrogen and oxygen atoms in total. The number of nitrogens with zero attached hydrogens (tertiary/aromatic N) is 2. The molecule has 4 rings (SSSR count). The molecule has 1 saturated carbocycles. The van der Waals surface area contributed by atoms with E-state index in [2.05, 4.69) is 10.1 Å². The van der Waals surface area contributed by atoms with Gasteiger partial charge in [-0.3, -0.25) is 0 Å². The first kappa shape index (κ1) is 20.0. The standard InChI is InChI=1S/C19H17Cl2N3O2.ClH/c20-13-8-4-9-14(15(13)21)25-16(12-6-2-1-3-7-12)17-23-18(24-26-17)19(22)10-5-11-19;/h1-4,6-9,16H,5,10-11,22H2;1H. The second-order valence-electron chi connectivity index (χ2n) is 6.43. The van der Waals surface area contributed by atoms with E-state index in [4.69, 9.17) is 38.2 Å². The van der Waals surface area contributed by atoms with E-state index >= 15 is 0 Å². The Kier molecular flexibility index (Phi) is 5.96. The quantitative estimate of drug-likeness (QED) is 0.599. The third-order valence-corrected chi connectivity index (χ3v) is 5.42. The van der Waals surface area contributed by atoms with Crippen LogP contribution in [0.4, 0.5) is 0 Å². The molecule has 1 fully saturated rings. The van der Waals surface area contributed by atoms with Crippen molar-refractivity contribution in [2.24, 2.45) is 5.73 Å². The third-order valence-electron chi connectivity index (χ3n) is 4.62. The number of nitrogens with two attached hydrogens (primary N) is 1. The molecule has 8 heteroatoms. The van der Waals surface area contributed by atoms with Crippen LogP contribution in [0.25, 0.3) is 0 Å². The molecule has 0 bridgehead atoms. The van der Waals surface area contributed by atoms with Crippen molar-refractivity contribution < 1.29 is 9.26 Å². The lowest BCUT2D eigenvalue weighted by Crippen LogP contribution is -2.44. The van der Waals surface area contributed by atoms with Crippen molar-refractivity contribution in [3.63, 3.8) is 0 Å². The minimum absolute atomic E-state index is 0. The molecule has 27 heavy (non-hydrogen) atoms. The van der Waals surface area contributed by atoms with Gasteiger partial charge in [-0.1, -0.05) is 64.8 Å². The van der Waals surface area contributed by atoms with Gasteiger partial charge in [-0.25, -0.2) is 0 Å². The van der Waals surface area contributed by atoms with Crippen molar-refractivity contribution in [3.8, 4) is 5.75 Å². The molecular weight excluding hydrogens is 409 g/mol. The van der Waals surface area contributed by atoms with Gasteiger partial charge >= 0.3 is 0 Å². The molecule has 1 heterocycles. The summed E-state index contributed by atoms with van der Waals surface area (Å²) in [5, 5.41) is 4.84. The van der Waals surface area contributed by atoms with Crippen LogP contribution >= 0.6 is 35.6 Å². The van der Waals surface area contributed by atoms with Crippen molar-refractivity contribution >= 4 is 35.6 Å². The average Bonchev–Trinajstić information content (AvgIpc) is 3.12. The van der Waals surface area contributed by atoms with Gasteiger partial charge in [-0.2, -0.15) is 4.98 Å². The van der Waals surface area contributed by atoms with Crippen LogP contribution in [0, 0.1) is 0 Å². The minimum atomic E-state index is -0.614. The molecule has 142 valence electrons. The largest absolute Gasteiger partial charge is 0.474 e. The molecular formula is C19H18Cl3N3O2. The fraction of sp³-hybridized carbons (Fsp3) is 0.263. The van der Waals surface area contributed by atoms with E-state index in [0.29, 0.717) is 27.5 Å². The predicted molar refractivity (Wildman–Crippen MR) is 107 cm³/mol. The summed E-state index contributed by atoms with van der Waals surface area (Å²) < 4.78 is 11.6. The Bertz CT molecular complexity index is 914. The van der Waals surface area contributed by atoms with Gasteiger partial charge in [0, 0.05) is 5.56 Å². The highest BCUT2D eigenvalue weighted by atomic mass is 35.5. The number of benzene rings is 2. The van der Waals surface area contributed by atoms with Crippen molar-refractivity contribution in [1.29, 1.82) is 0 Å². The Morgan fingerprint density at radius 3 is 2.48 bits per heavy atom. The van der Waals surface area contributed by atoms with Crippen molar-refractivity contribution in [2.45, 2.75) is 30.9 Å². The molecule has 1 unspecified atom stereocenters. The van der Waals surface area contributed by atoms with Crippen LogP contribution in [0.1, 0.15) is 42.6 Å². The fourth-order valence-corrected chi connectivity index (χ4v) is 3.25. The molecule has 1 atom stereocenters. The van der Waals surface area contributed by atoms with Gasteiger partial charge in [-0.15, -0.1) is 12.4 Å². The zero-order valence-corrected chi connectivity index (χ0v) is 16.6. The van der Waals surface area contributed by atoms with Crippen molar-refractivity contribution in [2.75, 3.05) is 0 Å². The lowest BCUT2D eigenvalue weighted by atomic mass is 9.77. The van der Waals surface area contributed by atoms with Gasteiger partial charge in [0.1, 0.15) is 10.8 Å². The van der Waals surface area contributed by atoms with Crippen LogP contribution in [-0.2, 0) is 5.54 Å². The highest BCUT2D eigenvalue weighted by molar-refractivity contribution is 6.42. The summed E-state index contributed by atoms with van der Waals surface area (Å²) >= 11 is 12.4. The fourth-order valence-electron chi connectivity index (χ4n) is 2.92. The van der Waals surface area contributed by atoms with Crippen LogP contribution < -0.4 is 10.5 Å². The maximum atomic E-state index is 6.31. The number of halogens is 3. The summed E-state index contributed by atoms with van der Waals surface area (Å²) in [6, 6.07) is 14.8. The molecule has 1 aliphatic rings. The lowest BCUT2D eigenvalue weighted by Gasteiger charge is -2.34. The molecule has 0 radical (unpaired) electrons. The summed E-state index contributed by atoms with van der Waals surface area (Å²) in [6.45, 7) is 0. The smallest absolute Gasteiger partial charge is 0.272 e. The zero-order valence-electron chi connectivity index (χ0n) is 14.3. The number of hydrogen-bond acceptors (Lipinski definition) is 5. The van der Waals surface area contributed by atoms with Gasteiger partial charge in [0.2, 0.25) is 6.10 Å². The second kappa shape index (κ2) is 8.07. The SMILES string of the molecule is Cl.NC1(c2noc(C(Oc3cccc(Cl)c3Cl)c3ccccc3)n2)CCC1. The lowest BCUT2D eigenvalue weighted by molar-refractivity contribution is 0.191. The van der Waals surface area contributed by atoms with E-state index in [1.54, 1.807) is 18.2 Å². The molecule has 1 aliphatic carbocycles. The highest BCUT2D eigenvalue weighted by Crippen LogP contribution is 2.39. The maximum Gasteiger partial charge on any atom is 0.272 e. The molecule has 3 aromatic rings. The first-order chi connectivity index (χ1) is 12.6. The van der Waals surface area contributed by atoms with Gasteiger partial charge in [-0.05, 0) is 31.4 Å².